The number of H-pyrrole nitrogens is 1. The van der Waals surface area contributed by atoms with Crippen molar-refractivity contribution in [2.75, 3.05) is 0 Å². The minimum Gasteiger partial charge on any atom is -0.477 e. The summed E-state index contributed by atoms with van der Waals surface area (Å²) in [6.45, 7) is 4.45. The van der Waals surface area contributed by atoms with Crippen LogP contribution >= 0.6 is 0 Å². The number of hydrogen-bond donors (Lipinski definition) is 2. The van der Waals surface area contributed by atoms with Crippen LogP contribution in [0.3, 0.4) is 0 Å². The van der Waals surface area contributed by atoms with Crippen LogP contribution < -0.4 is 0 Å². The molecule has 1 aliphatic carbocycles. The molecular weight excluding hydrogens is 178 g/mol. The van der Waals surface area contributed by atoms with Gasteiger partial charge in [-0.1, -0.05) is 13.8 Å². The van der Waals surface area contributed by atoms with E-state index < -0.39 is 5.97 Å². The number of aromatic carboxylic acids is 1. The number of aromatic nitrogens is 1. The predicted octanol–water partition coefficient (Wildman–Crippen LogP) is 2.23. The van der Waals surface area contributed by atoms with E-state index in [0.717, 1.165) is 24.8 Å². The molecule has 1 aromatic rings. The second-order valence-corrected chi connectivity index (χ2v) is 4.81. The smallest absolute Gasteiger partial charge is 0.352 e. The summed E-state index contributed by atoms with van der Waals surface area (Å²) in [5, 5.41) is 8.93. The van der Waals surface area contributed by atoms with E-state index in [0.29, 0.717) is 11.1 Å². The summed E-state index contributed by atoms with van der Waals surface area (Å²) in [4.78, 5) is 13.7. The van der Waals surface area contributed by atoms with Gasteiger partial charge in [0.25, 0.3) is 0 Å². The van der Waals surface area contributed by atoms with Crippen LogP contribution in [-0.2, 0) is 12.8 Å². The van der Waals surface area contributed by atoms with E-state index in [1.807, 2.05) is 6.20 Å². The molecule has 1 heterocycles. The van der Waals surface area contributed by atoms with E-state index in [1.54, 1.807) is 0 Å². The fourth-order valence-electron chi connectivity index (χ4n) is 2.20. The van der Waals surface area contributed by atoms with Gasteiger partial charge in [0.15, 0.2) is 0 Å². The Labute approximate surface area is 83.1 Å². The van der Waals surface area contributed by atoms with Crippen molar-refractivity contribution in [1.82, 2.24) is 4.98 Å². The molecule has 2 N–H and O–H groups in total. The van der Waals surface area contributed by atoms with Gasteiger partial charge in [-0.05, 0) is 35.8 Å². The summed E-state index contributed by atoms with van der Waals surface area (Å²) >= 11 is 0. The molecule has 3 heteroatoms. The van der Waals surface area contributed by atoms with Crippen molar-refractivity contribution in [2.24, 2.45) is 5.41 Å². The first-order chi connectivity index (χ1) is 6.49. The largest absolute Gasteiger partial charge is 0.477 e. The van der Waals surface area contributed by atoms with Crippen molar-refractivity contribution in [2.45, 2.75) is 33.1 Å². The summed E-state index contributed by atoms with van der Waals surface area (Å²) < 4.78 is 0. The summed E-state index contributed by atoms with van der Waals surface area (Å²) in [7, 11) is 0. The van der Waals surface area contributed by atoms with Gasteiger partial charge in [-0.3, -0.25) is 0 Å². The maximum atomic E-state index is 10.9. The molecular formula is C11H15NO2. The lowest BCUT2D eigenvalue weighted by molar-refractivity contribution is 0.0689. The zero-order valence-corrected chi connectivity index (χ0v) is 8.55. The first-order valence-corrected chi connectivity index (χ1v) is 4.92. The van der Waals surface area contributed by atoms with Crippen molar-refractivity contribution in [3.8, 4) is 0 Å². The molecule has 0 radical (unpaired) electrons. The topological polar surface area (TPSA) is 53.1 Å². The molecule has 0 fully saturated rings. The Kier molecular flexibility index (Phi) is 1.91. The normalized spacial score (nSPS) is 19.0. The van der Waals surface area contributed by atoms with Gasteiger partial charge in [-0.15, -0.1) is 0 Å². The highest BCUT2D eigenvalue weighted by molar-refractivity contribution is 5.87. The molecule has 2 rings (SSSR count). The van der Waals surface area contributed by atoms with Crippen LogP contribution in [0.15, 0.2) is 6.20 Å². The number of hydrogen-bond acceptors (Lipinski definition) is 1. The number of fused-ring (bicyclic) bond motifs is 1. The van der Waals surface area contributed by atoms with Gasteiger partial charge in [0, 0.05) is 6.20 Å². The summed E-state index contributed by atoms with van der Waals surface area (Å²) in [5.74, 6) is -0.842. The molecule has 1 aromatic heterocycles. The Balaban J connectivity index is 2.39. The van der Waals surface area contributed by atoms with Crippen molar-refractivity contribution in [3.63, 3.8) is 0 Å². The minimum atomic E-state index is -0.842. The van der Waals surface area contributed by atoms with E-state index in [2.05, 4.69) is 18.8 Å². The molecule has 0 aliphatic heterocycles. The average Bonchev–Trinajstić information content (AvgIpc) is 2.44. The third kappa shape index (κ3) is 1.43. The van der Waals surface area contributed by atoms with Gasteiger partial charge >= 0.3 is 5.97 Å². The lowest BCUT2D eigenvalue weighted by Crippen LogP contribution is -2.22. The average molecular weight is 193 g/mol. The van der Waals surface area contributed by atoms with Gasteiger partial charge in [-0.2, -0.15) is 0 Å². The Bertz CT molecular complexity index is 377. The van der Waals surface area contributed by atoms with Crippen LogP contribution in [0, 0.1) is 5.41 Å². The predicted molar refractivity (Wildman–Crippen MR) is 53.6 cm³/mol. The number of rotatable bonds is 1. The molecule has 0 unspecified atom stereocenters. The SMILES string of the molecule is CC1(C)CCc2c(c[nH]c2C(=O)O)C1. The van der Waals surface area contributed by atoms with Crippen LogP contribution in [0.4, 0.5) is 0 Å². The summed E-state index contributed by atoms with van der Waals surface area (Å²) in [6.07, 6.45) is 4.78. The second-order valence-electron chi connectivity index (χ2n) is 4.81. The lowest BCUT2D eigenvalue weighted by Gasteiger charge is -2.29. The van der Waals surface area contributed by atoms with E-state index in [1.165, 1.54) is 5.56 Å². The quantitative estimate of drug-likeness (QED) is 0.718. The zero-order valence-electron chi connectivity index (χ0n) is 8.55. The highest BCUT2D eigenvalue weighted by Crippen LogP contribution is 2.35. The van der Waals surface area contributed by atoms with Crippen LogP contribution in [-0.4, -0.2) is 16.1 Å². The van der Waals surface area contributed by atoms with Crippen LogP contribution in [0.5, 0.6) is 0 Å². The number of carboxylic acid groups (broad SMARTS) is 1. The Morgan fingerprint density at radius 2 is 2.29 bits per heavy atom. The standard InChI is InChI=1S/C11H15NO2/c1-11(2)4-3-8-7(5-11)6-12-9(8)10(13)14/h6,12H,3-5H2,1-2H3,(H,13,14). The number of aromatic amines is 1. The molecule has 76 valence electrons. The third-order valence-electron chi connectivity index (χ3n) is 3.01. The van der Waals surface area contributed by atoms with E-state index in [9.17, 15) is 4.79 Å². The summed E-state index contributed by atoms with van der Waals surface area (Å²) in [5.41, 5.74) is 2.89. The van der Waals surface area contributed by atoms with Crippen LogP contribution in [0.2, 0.25) is 0 Å². The molecule has 0 saturated heterocycles. The van der Waals surface area contributed by atoms with Crippen LogP contribution in [0.1, 0.15) is 41.9 Å². The van der Waals surface area contributed by atoms with E-state index in [-0.39, 0.29) is 0 Å². The Morgan fingerprint density at radius 3 is 2.93 bits per heavy atom. The molecule has 0 saturated carbocycles. The second kappa shape index (κ2) is 2.87. The van der Waals surface area contributed by atoms with Gasteiger partial charge in [0.05, 0.1) is 0 Å². The highest BCUT2D eigenvalue weighted by atomic mass is 16.4. The summed E-state index contributed by atoms with van der Waals surface area (Å²) in [6, 6.07) is 0. The molecule has 1 aliphatic rings. The molecule has 0 atom stereocenters. The molecule has 0 amide bonds. The molecule has 0 bridgehead atoms. The first kappa shape index (κ1) is 9.31. The molecule has 0 spiro atoms. The molecule has 3 nitrogen and oxygen atoms in total. The Morgan fingerprint density at radius 1 is 1.57 bits per heavy atom. The highest BCUT2D eigenvalue weighted by Gasteiger charge is 2.29. The fraction of sp³-hybridized carbons (Fsp3) is 0.545. The maximum Gasteiger partial charge on any atom is 0.352 e. The number of carbonyl (C=O) groups is 1. The molecule has 0 aromatic carbocycles. The first-order valence-electron chi connectivity index (χ1n) is 4.92. The van der Waals surface area contributed by atoms with Gasteiger partial charge in [0.2, 0.25) is 0 Å². The van der Waals surface area contributed by atoms with Crippen molar-refractivity contribution < 1.29 is 9.90 Å². The molecule has 14 heavy (non-hydrogen) atoms. The van der Waals surface area contributed by atoms with Crippen LogP contribution in [0.25, 0.3) is 0 Å². The van der Waals surface area contributed by atoms with Crippen molar-refractivity contribution in [1.29, 1.82) is 0 Å². The minimum absolute atomic E-state index is 0.310. The Hall–Kier alpha value is -1.25. The van der Waals surface area contributed by atoms with E-state index >= 15 is 0 Å². The number of nitrogens with one attached hydrogen (secondary N) is 1. The van der Waals surface area contributed by atoms with Crippen molar-refractivity contribution in [3.05, 3.63) is 23.0 Å². The van der Waals surface area contributed by atoms with E-state index in [4.69, 9.17) is 5.11 Å². The van der Waals surface area contributed by atoms with Gasteiger partial charge in [-0.25, -0.2) is 4.79 Å². The maximum absolute atomic E-state index is 10.9. The number of carboxylic acids is 1. The van der Waals surface area contributed by atoms with Gasteiger partial charge < -0.3 is 10.1 Å². The van der Waals surface area contributed by atoms with Crippen molar-refractivity contribution >= 4 is 5.97 Å². The lowest BCUT2D eigenvalue weighted by atomic mass is 9.75. The van der Waals surface area contributed by atoms with Gasteiger partial charge in [0.1, 0.15) is 5.69 Å². The fourth-order valence-corrected chi connectivity index (χ4v) is 2.20. The monoisotopic (exact) mass is 193 g/mol. The third-order valence-corrected chi connectivity index (χ3v) is 3.01. The zero-order chi connectivity index (χ0) is 10.3.